The lowest BCUT2D eigenvalue weighted by molar-refractivity contribution is -0.138. The normalized spacial score (nSPS) is 13.0. The highest BCUT2D eigenvalue weighted by Crippen LogP contribution is 2.14. The number of aliphatic carboxylic acids is 2. The van der Waals surface area contributed by atoms with Gasteiger partial charge in [-0.3, -0.25) is 14.1 Å². The van der Waals surface area contributed by atoms with Gasteiger partial charge in [0.2, 0.25) is 0 Å². The summed E-state index contributed by atoms with van der Waals surface area (Å²) < 4.78 is 30.4. The van der Waals surface area contributed by atoms with Gasteiger partial charge < -0.3 is 10.2 Å². The average molecular weight is 324 g/mol. The van der Waals surface area contributed by atoms with Gasteiger partial charge in [-0.1, -0.05) is 44.9 Å². The van der Waals surface area contributed by atoms with Gasteiger partial charge in [0.1, 0.15) is 0 Å². The minimum Gasteiger partial charge on any atom is -0.481 e. The minimum absolute atomic E-state index is 0.0766. The topological polar surface area (TPSA) is 129 Å². The first-order valence-corrected chi connectivity index (χ1v) is 8.66. The Balaban J connectivity index is 3.55. The van der Waals surface area contributed by atoms with Crippen molar-refractivity contribution in [1.29, 1.82) is 0 Å². The fourth-order valence-electron chi connectivity index (χ4n) is 2.07. The number of rotatable bonds is 13. The monoisotopic (exact) mass is 324 g/mol. The van der Waals surface area contributed by atoms with Crippen molar-refractivity contribution in [2.24, 2.45) is 0 Å². The molecule has 0 fully saturated rings. The van der Waals surface area contributed by atoms with E-state index in [2.05, 4.69) is 0 Å². The van der Waals surface area contributed by atoms with Gasteiger partial charge in [0.05, 0.1) is 0 Å². The molecular weight excluding hydrogens is 300 g/mol. The Bertz CT molecular complexity index is 416. The third kappa shape index (κ3) is 11.2. The lowest BCUT2D eigenvalue weighted by atomic mass is 10.1. The molecule has 0 heterocycles. The molecule has 1 atom stereocenters. The largest absolute Gasteiger partial charge is 0.481 e. The zero-order chi connectivity index (χ0) is 16.3. The van der Waals surface area contributed by atoms with Crippen LogP contribution in [0.2, 0.25) is 0 Å². The predicted octanol–water partition coefficient (Wildman–Crippen LogP) is 2.31. The van der Waals surface area contributed by atoms with Crippen molar-refractivity contribution < 1.29 is 32.8 Å². The molecule has 0 aliphatic heterocycles. The Morgan fingerprint density at radius 3 is 1.62 bits per heavy atom. The molecule has 0 aliphatic carbocycles. The number of hydrogen-bond acceptors (Lipinski definition) is 4. The van der Waals surface area contributed by atoms with Crippen LogP contribution in [0.3, 0.4) is 0 Å². The molecule has 0 aromatic rings. The van der Waals surface area contributed by atoms with Crippen LogP contribution in [0.1, 0.15) is 64.2 Å². The third-order valence-corrected chi connectivity index (χ3v) is 4.40. The van der Waals surface area contributed by atoms with Crippen LogP contribution in [-0.2, 0) is 19.7 Å². The molecule has 0 amide bonds. The molecule has 8 heteroatoms. The first kappa shape index (κ1) is 19.9. The molecule has 7 nitrogen and oxygen atoms in total. The second kappa shape index (κ2) is 10.6. The van der Waals surface area contributed by atoms with Crippen LogP contribution in [0.25, 0.3) is 0 Å². The van der Waals surface area contributed by atoms with Crippen LogP contribution >= 0.6 is 0 Å². The quantitative estimate of drug-likeness (QED) is 0.350. The van der Waals surface area contributed by atoms with Gasteiger partial charge in [-0.25, -0.2) is 0 Å². The Labute approximate surface area is 125 Å². The summed E-state index contributed by atoms with van der Waals surface area (Å²) in [6.45, 7) is 0. The van der Waals surface area contributed by atoms with Gasteiger partial charge in [-0.2, -0.15) is 8.42 Å². The van der Waals surface area contributed by atoms with Gasteiger partial charge in [-0.15, -0.1) is 0 Å². The van der Waals surface area contributed by atoms with Gasteiger partial charge in [-0.05, 0) is 12.8 Å². The molecular formula is C13H24O7S. The van der Waals surface area contributed by atoms with Crippen molar-refractivity contribution in [3.63, 3.8) is 0 Å². The van der Waals surface area contributed by atoms with Crippen molar-refractivity contribution in [1.82, 2.24) is 0 Å². The Kier molecular flexibility index (Phi) is 9.98. The highest BCUT2D eigenvalue weighted by atomic mass is 32.2. The summed E-state index contributed by atoms with van der Waals surface area (Å²) in [7, 11) is -4.53. The van der Waals surface area contributed by atoms with E-state index < -0.39 is 27.3 Å². The third-order valence-electron chi connectivity index (χ3n) is 3.24. The molecule has 3 N–H and O–H groups in total. The van der Waals surface area contributed by atoms with Crippen LogP contribution in [0.5, 0.6) is 0 Å². The molecule has 0 saturated heterocycles. The number of carbonyl (C=O) groups is 2. The maximum atomic E-state index is 10.8. The number of carboxylic acids is 2. The molecule has 1 unspecified atom stereocenters. The smallest absolute Gasteiger partial charge is 0.324 e. The highest BCUT2D eigenvalue weighted by molar-refractivity contribution is 7.87. The summed E-state index contributed by atoms with van der Waals surface area (Å²) >= 11 is 0. The van der Waals surface area contributed by atoms with Crippen LogP contribution in [0.15, 0.2) is 0 Å². The summed E-state index contributed by atoms with van der Waals surface area (Å²) in [5.41, 5.74) is 0. The molecule has 0 bridgehead atoms. The molecule has 0 rings (SSSR count). The highest BCUT2D eigenvalue weighted by Gasteiger charge is 2.29. The van der Waals surface area contributed by atoms with E-state index in [-0.39, 0.29) is 12.8 Å². The number of hydrogen-bond donors (Lipinski definition) is 3. The van der Waals surface area contributed by atoms with Crippen LogP contribution < -0.4 is 0 Å². The summed E-state index contributed by atoms with van der Waals surface area (Å²) in [5, 5.41) is 15.4. The SMILES string of the molecule is O=C(O)CCCCCCCCCCC(C(=O)O)S(=O)(=O)O. The molecule has 0 saturated carbocycles. The summed E-state index contributed by atoms with van der Waals surface area (Å²) in [6, 6.07) is 0. The predicted molar refractivity (Wildman–Crippen MR) is 76.8 cm³/mol. The number of unbranched alkanes of at least 4 members (excludes halogenated alkanes) is 7. The minimum atomic E-state index is -4.53. The van der Waals surface area contributed by atoms with Crippen LogP contribution in [-0.4, -0.2) is 40.4 Å². The second-order valence-electron chi connectivity index (χ2n) is 5.10. The second-order valence-corrected chi connectivity index (χ2v) is 6.70. The van der Waals surface area contributed by atoms with Crippen LogP contribution in [0, 0.1) is 0 Å². The van der Waals surface area contributed by atoms with Crippen LogP contribution in [0.4, 0.5) is 0 Å². The van der Waals surface area contributed by atoms with E-state index in [1.54, 1.807) is 0 Å². The Morgan fingerprint density at radius 2 is 1.24 bits per heavy atom. The standard InChI is InChI=1S/C13H24O7S/c14-12(15)10-8-6-4-2-1-3-5-7-9-11(13(16)17)21(18,19)20/h11H,1-10H2,(H,14,15)(H,16,17)(H,18,19,20). The molecule has 21 heavy (non-hydrogen) atoms. The summed E-state index contributed by atoms with van der Waals surface area (Å²) in [6.07, 6.45) is 6.63. The first-order valence-electron chi connectivity index (χ1n) is 7.16. The van der Waals surface area contributed by atoms with E-state index in [1.165, 1.54) is 0 Å². The molecule has 0 radical (unpaired) electrons. The van der Waals surface area contributed by atoms with Gasteiger partial charge in [0.25, 0.3) is 10.1 Å². The Morgan fingerprint density at radius 1 is 0.810 bits per heavy atom. The molecule has 124 valence electrons. The molecule has 0 aliphatic rings. The van der Waals surface area contributed by atoms with E-state index >= 15 is 0 Å². The van der Waals surface area contributed by atoms with Gasteiger partial charge in [0, 0.05) is 6.42 Å². The van der Waals surface area contributed by atoms with E-state index in [1.807, 2.05) is 0 Å². The first-order chi connectivity index (χ1) is 9.75. The average Bonchev–Trinajstić information content (AvgIpc) is 2.33. The van der Waals surface area contributed by atoms with Gasteiger partial charge >= 0.3 is 11.9 Å². The van der Waals surface area contributed by atoms with Crippen molar-refractivity contribution in [2.75, 3.05) is 0 Å². The number of carboxylic acid groups (broad SMARTS) is 2. The van der Waals surface area contributed by atoms with E-state index in [4.69, 9.17) is 14.8 Å². The summed E-state index contributed by atoms with van der Waals surface area (Å²) in [4.78, 5) is 21.0. The maximum Gasteiger partial charge on any atom is 0.324 e. The van der Waals surface area contributed by atoms with Crippen molar-refractivity contribution in [3.05, 3.63) is 0 Å². The fourth-order valence-corrected chi connectivity index (χ4v) is 2.79. The molecule has 0 spiro atoms. The van der Waals surface area contributed by atoms with E-state index in [0.29, 0.717) is 19.3 Å². The zero-order valence-corrected chi connectivity index (χ0v) is 12.8. The van der Waals surface area contributed by atoms with Crippen molar-refractivity contribution >= 4 is 22.1 Å². The lowest BCUT2D eigenvalue weighted by Crippen LogP contribution is -2.29. The zero-order valence-electron chi connectivity index (χ0n) is 12.0. The van der Waals surface area contributed by atoms with Gasteiger partial charge in [0.15, 0.2) is 5.25 Å². The van der Waals surface area contributed by atoms with Crippen molar-refractivity contribution in [3.8, 4) is 0 Å². The van der Waals surface area contributed by atoms with Crippen molar-refractivity contribution in [2.45, 2.75) is 69.5 Å². The maximum absolute atomic E-state index is 10.8. The van der Waals surface area contributed by atoms with E-state index in [9.17, 15) is 18.0 Å². The summed E-state index contributed by atoms with van der Waals surface area (Å²) in [5.74, 6) is -2.29. The molecule has 0 aromatic carbocycles. The van der Waals surface area contributed by atoms with E-state index in [0.717, 1.165) is 32.1 Å². The fraction of sp³-hybridized carbons (Fsp3) is 0.846. The Hall–Kier alpha value is -1.15. The molecule has 0 aromatic heterocycles. The lowest BCUT2D eigenvalue weighted by Gasteiger charge is -2.08.